The summed E-state index contributed by atoms with van der Waals surface area (Å²) in [6.45, 7) is 5.45. The van der Waals surface area contributed by atoms with Crippen LogP contribution in [0.25, 0.3) is 0 Å². The number of rotatable bonds is 2. The summed E-state index contributed by atoms with van der Waals surface area (Å²) in [6, 6.07) is -0.733. The summed E-state index contributed by atoms with van der Waals surface area (Å²) < 4.78 is 5.49. The minimum atomic E-state index is -0.747. The van der Waals surface area contributed by atoms with Crippen LogP contribution >= 0.6 is 12.2 Å². The number of thiocarbonyl (C=S) groups is 1. The predicted octanol–water partition coefficient (Wildman–Crippen LogP) is 2.55. The Balaban J connectivity index is 2.27. The molecule has 1 atom stereocenters. The molecule has 21 heavy (non-hydrogen) atoms. The fourth-order valence-electron chi connectivity index (χ4n) is 2.73. The van der Waals surface area contributed by atoms with Gasteiger partial charge in [0, 0.05) is 17.1 Å². The molecule has 1 fully saturated rings. The van der Waals surface area contributed by atoms with E-state index < -0.39 is 17.7 Å². The van der Waals surface area contributed by atoms with Crippen LogP contribution in [-0.2, 0) is 9.53 Å². The zero-order chi connectivity index (χ0) is 15.6. The van der Waals surface area contributed by atoms with E-state index in [4.69, 9.17) is 17.0 Å². The first kappa shape index (κ1) is 15.9. The molecule has 5 nitrogen and oxygen atoms in total. The van der Waals surface area contributed by atoms with Gasteiger partial charge in [0.25, 0.3) is 5.91 Å². The average Bonchev–Trinajstić information content (AvgIpc) is 2.84. The number of nitrogens with zero attached hydrogens (tertiary/aromatic N) is 1. The van der Waals surface area contributed by atoms with Gasteiger partial charge in [-0.15, -0.1) is 0 Å². The molecule has 0 bridgehead atoms. The van der Waals surface area contributed by atoms with Crippen molar-refractivity contribution in [3.05, 3.63) is 12.3 Å². The molecule has 6 heteroatoms. The van der Waals surface area contributed by atoms with Crippen molar-refractivity contribution >= 4 is 29.1 Å². The van der Waals surface area contributed by atoms with E-state index in [-0.39, 0.29) is 11.9 Å². The number of hydrogen-bond donors (Lipinski definition) is 1. The Labute approximate surface area is 130 Å². The maximum atomic E-state index is 12.6. The topological polar surface area (TPSA) is 58.6 Å². The SMILES string of the molecule is CC(C)(C)OC(=O)N(C1CCCC1)C1C(=O)NC=CC1=S. The Morgan fingerprint density at radius 1 is 1.38 bits per heavy atom. The zero-order valence-electron chi connectivity index (χ0n) is 12.7. The molecule has 1 aliphatic heterocycles. The van der Waals surface area contributed by atoms with Crippen LogP contribution in [0.4, 0.5) is 4.79 Å². The molecule has 116 valence electrons. The van der Waals surface area contributed by atoms with Gasteiger partial charge < -0.3 is 10.1 Å². The summed E-state index contributed by atoms with van der Waals surface area (Å²) >= 11 is 5.28. The van der Waals surface area contributed by atoms with E-state index in [1.165, 1.54) is 6.20 Å². The Bertz CT molecular complexity index is 476. The van der Waals surface area contributed by atoms with Gasteiger partial charge in [0.2, 0.25) is 0 Å². The van der Waals surface area contributed by atoms with Gasteiger partial charge in [0.1, 0.15) is 11.6 Å². The second kappa shape index (κ2) is 6.13. The van der Waals surface area contributed by atoms with Crippen LogP contribution in [0.5, 0.6) is 0 Å². The van der Waals surface area contributed by atoms with Crippen LogP contribution in [0.15, 0.2) is 12.3 Å². The first-order valence-corrected chi connectivity index (χ1v) is 7.72. The van der Waals surface area contributed by atoms with Crippen molar-refractivity contribution < 1.29 is 14.3 Å². The summed E-state index contributed by atoms with van der Waals surface area (Å²) in [6.07, 6.45) is 6.59. The molecule has 1 heterocycles. The molecule has 2 amide bonds. The molecule has 0 spiro atoms. The number of ether oxygens (including phenoxy) is 1. The lowest BCUT2D eigenvalue weighted by Gasteiger charge is -2.37. The molecule has 1 saturated carbocycles. The fraction of sp³-hybridized carbons (Fsp3) is 0.667. The lowest BCUT2D eigenvalue weighted by molar-refractivity contribution is -0.124. The monoisotopic (exact) mass is 310 g/mol. The first-order valence-electron chi connectivity index (χ1n) is 7.32. The summed E-state index contributed by atoms with van der Waals surface area (Å²) in [5.74, 6) is -0.264. The van der Waals surface area contributed by atoms with E-state index in [2.05, 4.69) is 5.32 Å². The Kier molecular flexibility index (Phi) is 4.66. The van der Waals surface area contributed by atoms with Crippen molar-refractivity contribution in [2.75, 3.05) is 0 Å². The lowest BCUT2D eigenvalue weighted by Crippen LogP contribution is -2.57. The Morgan fingerprint density at radius 3 is 2.52 bits per heavy atom. The summed E-state index contributed by atoms with van der Waals surface area (Å²) in [7, 11) is 0. The third-order valence-corrected chi connectivity index (χ3v) is 3.95. The average molecular weight is 310 g/mol. The number of nitrogens with one attached hydrogen (secondary N) is 1. The summed E-state index contributed by atoms with van der Waals surface area (Å²) in [5, 5.41) is 2.63. The molecule has 1 aliphatic carbocycles. The largest absolute Gasteiger partial charge is 0.444 e. The van der Waals surface area contributed by atoms with E-state index in [1.54, 1.807) is 11.0 Å². The standard InChI is InChI=1S/C15H22N2O3S/c1-15(2,3)20-14(19)17(10-6-4-5-7-10)12-11(21)8-9-16-13(12)18/h8-10,12H,4-7H2,1-3H3,(H,16,18). The molecule has 1 unspecified atom stereocenters. The number of carbonyl (C=O) groups excluding carboxylic acids is 2. The number of hydrogen-bond acceptors (Lipinski definition) is 4. The third-order valence-electron chi connectivity index (χ3n) is 3.59. The van der Waals surface area contributed by atoms with Crippen LogP contribution in [0, 0.1) is 0 Å². The van der Waals surface area contributed by atoms with Crippen molar-refractivity contribution in [1.82, 2.24) is 10.2 Å². The van der Waals surface area contributed by atoms with Gasteiger partial charge in [-0.1, -0.05) is 25.1 Å². The van der Waals surface area contributed by atoms with Crippen LogP contribution in [-0.4, -0.2) is 39.4 Å². The smallest absolute Gasteiger partial charge is 0.411 e. The van der Waals surface area contributed by atoms with Gasteiger partial charge in [-0.3, -0.25) is 9.69 Å². The Hall–Kier alpha value is -1.43. The molecule has 2 aliphatic rings. The van der Waals surface area contributed by atoms with Crippen LogP contribution in [0.1, 0.15) is 46.5 Å². The zero-order valence-corrected chi connectivity index (χ0v) is 13.5. The van der Waals surface area contributed by atoms with Gasteiger partial charge >= 0.3 is 6.09 Å². The molecule has 0 aromatic rings. The van der Waals surface area contributed by atoms with Crippen molar-refractivity contribution in [3.8, 4) is 0 Å². The molecular formula is C15H22N2O3S. The van der Waals surface area contributed by atoms with Crippen molar-refractivity contribution in [2.24, 2.45) is 0 Å². The maximum Gasteiger partial charge on any atom is 0.411 e. The molecular weight excluding hydrogens is 288 g/mol. The van der Waals surface area contributed by atoms with Crippen molar-refractivity contribution in [3.63, 3.8) is 0 Å². The molecule has 0 aromatic heterocycles. The second-order valence-corrected chi connectivity index (χ2v) is 6.94. The highest BCUT2D eigenvalue weighted by Crippen LogP contribution is 2.28. The number of amides is 2. The first-order chi connectivity index (χ1) is 9.79. The minimum Gasteiger partial charge on any atom is -0.444 e. The van der Waals surface area contributed by atoms with Crippen LogP contribution in [0.3, 0.4) is 0 Å². The maximum absolute atomic E-state index is 12.6. The van der Waals surface area contributed by atoms with Crippen molar-refractivity contribution in [1.29, 1.82) is 0 Å². The van der Waals surface area contributed by atoms with E-state index in [1.807, 2.05) is 20.8 Å². The number of carbonyl (C=O) groups is 2. The lowest BCUT2D eigenvalue weighted by atomic mass is 10.1. The summed E-state index contributed by atoms with van der Waals surface area (Å²) in [5.41, 5.74) is -0.601. The molecule has 0 radical (unpaired) electrons. The van der Waals surface area contributed by atoms with Gasteiger partial charge in [-0.25, -0.2) is 4.79 Å². The predicted molar refractivity (Wildman–Crippen MR) is 84.0 cm³/mol. The Morgan fingerprint density at radius 2 is 2.00 bits per heavy atom. The molecule has 0 aromatic carbocycles. The highest BCUT2D eigenvalue weighted by Gasteiger charge is 2.41. The third kappa shape index (κ3) is 3.81. The highest BCUT2D eigenvalue weighted by molar-refractivity contribution is 7.81. The van der Waals surface area contributed by atoms with Gasteiger partial charge in [0.15, 0.2) is 0 Å². The quantitative estimate of drug-likeness (QED) is 0.796. The van der Waals surface area contributed by atoms with Gasteiger partial charge in [-0.2, -0.15) is 0 Å². The molecule has 2 rings (SSSR count). The normalized spacial score (nSPS) is 23.1. The van der Waals surface area contributed by atoms with Crippen LogP contribution in [0.2, 0.25) is 0 Å². The van der Waals surface area contributed by atoms with Gasteiger partial charge in [0.05, 0.1) is 0 Å². The van der Waals surface area contributed by atoms with Gasteiger partial charge in [-0.05, 0) is 39.7 Å². The van der Waals surface area contributed by atoms with Crippen LogP contribution < -0.4 is 5.32 Å². The van der Waals surface area contributed by atoms with E-state index in [0.717, 1.165) is 25.7 Å². The van der Waals surface area contributed by atoms with E-state index >= 15 is 0 Å². The highest BCUT2D eigenvalue weighted by atomic mass is 32.1. The summed E-state index contributed by atoms with van der Waals surface area (Å²) in [4.78, 5) is 26.7. The molecule has 1 N–H and O–H groups in total. The molecule has 0 saturated heterocycles. The second-order valence-electron chi connectivity index (χ2n) is 6.47. The minimum absolute atomic E-state index is 0.0139. The van der Waals surface area contributed by atoms with Crippen molar-refractivity contribution in [2.45, 2.75) is 64.1 Å². The fourth-order valence-corrected chi connectivity index (χ4v) is 3.02. The van der Waals surface area contributed by atoms with E-state index in [0.29, 0.717) is 4.86 Å². The van der Waals surface area contributed by atoms with E-state index in [9.17, 15) is 9.59 Å².